The predicted octanol–water partition coefficient (Wildman–Crippen LogP) is 3.68. The Bertz CT molecular complexity index is 775. The monoisotopic (exact) mass is 462 g/mol. The first-order valence-electron chi connectivity index (χ1n) is 11.6. The largest absolute Gasteiger partial charge is 0.458 e. The highest BCUT2D eigenvalue weighted by Crippen LogP contribution is 2.20. The predicted molar refractivity (Wildman–Crippen MR) is 124 cm³/mol. The molecule has 33 heavy (non-hydrogen) atoms. The Morgan fingerprint density at radius 1 is 1.15 bits per heavy atom. The Balaban J connectivity index is 1.88. The van der Waals surface area contributed by atoms with Crippen molar-refractivity contribution in [1.82, 2.24) is 10.2 Å². The number of rotatable bonds is 10. The van der Waals surface area contributed by atoms with Gasteiger partial charge in [0.2, 0.25) is 5.91 Å². The number of nitrogens with zero attached hydrogens (tertiary/aromatic N) is 1. The highest BCUT2D eigenvalue weighted by Gasteiger charge is 2.36. The van der Waals surface area contributed by atoms with Gasteiger partial charge in [0.15, 0.2) is 0 Å². The van der Waals surface area contributed by atoms with Crippen molar-refractivity contribution in [3.63, 3.8) is 0 Å². The maximum absolute atomic E-state index is 13.0. The number of ether oxygens (including phenoxy) is 3. The molecule has 1 aromatic rings. The van der Waals surface area contributed by atoms with Crippen molar-refractivity contribution in [3.8, 4) is 0 Å². The van der Waals surface area contributed by atoms with Gasteiger partial charge in [-0.2, -0.15) is 0 Å². The Hall–Kier alpha value is -2.61. The zero-order chi connectivity index (χ0) is 24.4. The molecule has 2 atom stereocenters. The number of hydrogen-bond donors (Lipinski definition) is 1. The number of nitrogens with one attached hydrogen (secondary N) is 1. The molecule has 2 rings (SSSR count). The molecule has 0 aromatic heterocycles. The molecule has 184 valence electrons. The Kier molecular flexibility index (Phi) is 10.2. The first kappa shape index (κ1) is 26.6. The second-order valence-corrected chi connectivity index (χ2v) is 9.83. The normalized spacial score (nSPS) is 17.0. The molecule has 8 nitrogen and oxygen atoms in total. The van der Waals surface area contributed by atoms with E-state index in [1.807, 2.05) is 30.3 Å². The molecule has 0 spiro atoms. The van der Waals surface area contributed by atoms with Crippen molar-refractivity contribution in [2.75, 3.05) is 19.8 Å². The van der Waals surface area contributed by atoms with E-state index >= 15 is 0 Å². The van der Waals surface area contributed by atoms with Crippen molar-refractivity contribution < 1.29 is 28.6 Å². The van der Waals surface area contributed by atoms with Gasteiger partial charge in [-0.05, 0) is 51.5 Å². The van der Waals surface area contributed by atoms with Crippen LogP contribution in [-0.2, 0) is 30.4 Å². The summed E-state index contributed by atoms with van der Waals surface area (Å²) >= 11 is 0. The van der Waals surface area contributed by atoms with Crippen LogP contribution in [0.3, 0.4) is 0 Å². The number of likely N-dealkylation sites (tertiary alicyclic amines) is 1. The summed E-state index contributed by atoms with van der Waals surface area (Å²) in [5.74, 6) is -0.355. The van der Waals surface area contributed by atoms with E-state index in [4.69, 9.17) is 14.2 Å². The summed E-state index contributed by atoms with van der Waals surface area (Å²) < 4.78 is 16.2. The zero-order valence-electron chi connectivity index (χ0n) is 20.5. The summed E-state index contributed by atoms with van der Waals surface area (Å²) in [6, 6.07) is 8.59. The number of benzene rings is 1. The first-order valence-corrected chi connectivity index (χ1v) is 11.6. The van der Waals surface area contributed by atoms with Crippen molar-refractivity contribution in [2.24, 2.45) is 5.92 Å². The molecule has 1 N–H and O–H groups in total. The number of carbonyl (C=O) groups is 3. The number of esters is 1. The van der Waals surface area contributed by atoms with E-state index in [0.717, 1.165) is 12.0 Å². The van der Waals surface area contributed by atoms with Gasteiger partial charge in [-0.25, -0.2) is 9.59 Å². The van der Waals surface area contributed by atoms with E-state index in [-0.39, 0.29) is 31.8 Å². The van der Waals surface area contributed by atoms with Crippen LogP contribution >= 0.6 is 0 Å². The number of amides is 2. The van der Waals surface area contributed by atoms with Gasteiger partial charge in [-0.15, -0.1) is 0 Å². The summed E-state index contributed by atoms with van der Waals surface area (Å²) in [4.78, 5) is 39.0. The van der Waals surface area contributed by atoms with Gasteiger partial charge in [0.05, 0.1) is 12.6 Å². The van der Waals surface area contributed by atoms with E-state index in [0.29, 0.717) is 25.3 Å². The van der Waals surface area contributed by atoms with E-state index < -0.39 is 23.7 Å². The lowest BCUT2D eigenvalue weighted by Gasteiger charge is -2.27. The zero-order valence-corrected chi connectivity index (χ0v) is 20.5. The first-order chi connectivity index (χ1) is 15.5. The van der Waals surface area contributed by atoms with Crippen LogP contribution < -0.4 is 5.32 Å². The minimum Gasteiger partial charge on any atom is -0.458 e. The van der Waals surface area contributed by atoms with Crippen LogP contribution in [0.2, 0.25) is 0 Å². The molecule has 1 aliphatic heterocycles. The van der Waals surface area contributed by atoms with Crippen LogP contribution in [0.25, 0.3) is 0 Å². The second-order valence-electron chi connectivity index (χ2n) is 9.83. The van der Waals surface area contributed by atoms with Crippen LogP contribution in [0, 0.1) is 5.92 Å². The fourth-order valence-corrected chi connectivity index (χ4v) is 3.75. The fraction of sp³-hybridized carbons (Fsp3) is 0.640. The highest BCUT2D eigenvalue weighted by atomic mass is 16.6. The van der Waals surface area contributed by atoms with Gasteiger partial charge in [0.1, 0.15) is 24.9 Å². The number of carbonyl (C=O) groups excluding carboxylic acids is 3. The number of hydrogen-bond acceptors (Lipinski definition) is 6. The lowest BCUT2D eigenvalue weighted by Crippen LogP contribution is -2.50. The molecule has 0 radical (unpaired) electrons. The van der Waals surface area contributed by atoms with Crippen molar-refractivity contribution >= 4 is 18.0 Å². The van der Waals surface area contributed by atoms with Crippen LogP contribution in [-0.4, -0.2) is 60.3 Å². The fourth-order valence-electron chi connectivity index (χ4n) is 3.75. The molecule has 2 amide bonds. The SMILES string of the molecule is CC(C)C[C@@H](COCC(=O)OC(C)(C)C)NC(=O)[C@@H]1CCCN1C(=O)OCc1ccccc1. The van der Waals surface area contributed by atoms with Gasteiger partial charge in [0.25, 0.3) is 0 Å². The van der Waals surface area contributed by atoms with Crippen molar-refractivity contribution in [2.45, 2.75) is 78.2 Å². The van der Waals surface area contributed by atoms with Crippen LogP contribution in [0.4, 0.5) is 4.79 Å². The van der Waals surface area contributed by atoms with Gasteiger partial charge >= 0.3 is 12.1 Å². The molecular weight excluding hydrogens is 424 g/mol. The third kappa shape index (κ3) is 9.82. The molecule has 0 bridgehead atoms. The lowest BCUT2D eigenvalue weighted by molar-refractivity contribution is -0.160. The van der Waals surface area contributed by atoms with Crippen LogP contribution in [0.5, 0.6) is 0 Å². The second kappa shape index (κ2) is 12.6. The van der Waals surface area contributed by atoms with E-state index in [1.165, 1.54) is 4.90 Å². The quantitative estimate of drug-likeness (QED) is 0.533. The average Bonchev–Trinajstić information content (AvgIpc) is 3.21. The molecule has 1 heterocycles. The van der Waals surface area contributed by atoms with E-state index in [1.54, 1.807) is 20.8 Å². The molecule has 1 fully saturated rings. The van der Waals surface area contributed by atoms with E-state index in [9.17, 15) is 14.4 Å². The minimum absolute atomic E-state index is 0.166. The third-order valence-corrected chi connectivity index (χ3v) is 5.06. The Labute approximate surface area is 196 Å². The topological polar surface area (TPSA) is 94.2 Å². The third-order valence-electron chi connectivity index (χ3n) is 5.06. The molecule has 0 unspecified atom stereocenters. The van der Waals surface area contributed by atoms with Gasteiger partial charge in [-0.3, -0.25) is 9.69 Å². The summed E-state index contributed by atoms with van der Waals surface area (Å²) in [5, 5.41) is 3.01. The van der Waals surface area contributed by atoms with Crippen LogP contribution in [0.1, 0.15) is 59.4 Å². The van der Waals surface area contributed by atoms with Gasteiger partial charge in [0, 0.05) is 6.54 Å². The van der Waals surface area contributed by atoms with Gasteiger partial charge < -0.3 is 19.5 Å². The van der Waals surface area contributed by atoms with Crippen molar-refractivity contribution in [1.29, 1.82) is 0 Å². The maximum Gasteiger partial charge on any atom is 0.410 e. The average molecular weight is 463 g/mol. The Morgan fingerprint density at radius 2 is 1.85 bits per heavy atom. The van der Waals surface area contributed by atoms with E-state index in [2.05, 4.69) is 19.2 Å². The summed E-state index contributed by atoms with van der Waals surface area (Å²) in [7, 11) is 0. The molecule has 0 saturated carbocycles. The molecule has 1 aliphatic rings. The molecule has 1 aromatic carbocycles. The maximum atomic E-state index is 13.0. The molecule has 8 heteroatoms. The Morgan fingerprint density at radius 3 is 2.48 bits per heavy atom. The van der Waals surface area contributed by atoms with Crippen LogP contribution in [0.15, 0.2) is 30.3 Å². The molecular formula is C25H38N2O6. The lowest BCUT2D eigenvalue weighted by atomic mass is 10.0. The molecule has 0 aliphatic carbocycles. The standard InChI is InChI=1S/C25H38N2O6/c1-18(2)14-20(16-31-17-22(28)33-25(3,4)5)26-23(29)21-12-9-13-27(21)24(30)32-15-19-10-7-6-8-11-19/h6-8,10-11,18,20-21H,9,12-17H2,1-5H3,(H,26,29)/t20-,21-/m0/s1. The summed E-state index contributed by atoms with van der Waals surface area (Å²) in [5.41, 5.74) is 0.317. The molecule has 1 saturated heterocycles. The van der Waals surface area contributed by atoms with Gasteiger partial charge in [-0.1, -0.05) is 44.2 Å². The van der Waals surface area contributed by atoms with Crippen molar-refractivity contribution in [3.05, 3.63) is 35.9 Å². The summed E-state index contributed by atoms with van der Waals surface area (Å²) in [6.07, 6.45) is 1.52. The summed E-state index contributed by atoms with van der Waals surface area (Å²) in [6.45, 7) is 10.2. The smallest absolute Gasteiger partial charge is 0.410 e. The highest BCUT2D eigenvalue weighted by molar-refractivity contribution is 5.86. The minimum atomic E-state index is -0.576.